The number of carbonyl (C=O) groups excluding carboxylic acids is 2. The molecule has 1 amide bonds. The number of hydrogen-bond donors (Lipinski definition) is 1. The number of nitrogens with zero attached hydrogens (tertiary/aromatic N) is 2. The molecule has 4 rings (SSSR count). The maximum Gasteiger partial charge on any atom is 0.338 e. The summed E-state index contributed by atoms with van der Waals surface area (Å²) in [5, 5.41) is 3.33. The number of aromatic nitrogens is 1. The highest BCUT2D eigenvalue weighted by molar-refractivity contribution is 7.22. The van der Waals surface area contributed by atoms with E-state index in [0.717, 1.165) is 42.2 Å². The quantitative estimate of drug-likeness (QED) is 0.647. The van der Waals surface area contributed by atoms with Crippen LogP contribution in [-0.2, 0) is 9.47 Å². The van der Waals surface area contributed by atoms with Gasteiger partial charge in [0.15, 0.2) is 5.13 Å². The Balaban J connectivity index is 1.46. The molecule has 29 heavy (non-hydrogen) atoms. The summed E-state index contributed by atoms with van der Waals surface area (Å²) in [5.41, 5.74) is 2.84. The number of benzene rings is 2. The number of carbonyl (C=O) groups is 2. The van der Waals surface area contributed by atoms with Gasteiger partial charge in [0.1, 0.15) is 0 Å². The topological polar surface area (TPSA) is 80.8 Å². The first-order chi connectivity index (χ1) is 14.1. The molecule has 1 aliphatic rings. The van der Waals surface area contributed by atoms with E-state index in [9.17, 15) is 9.59 Å². The Hall–Kier alpha value is -2.97. The summed E-state index contributed by atoms with van der Waals surface area (Å²) in [4.78, 5) is 31.1. The van der Waals surface area contributed by atoms with Crippen LogP contribution in [0.5, 0.6) is 0 Å². The molecule has 150 valence electrons. The molecule has 7 nitrogen and oxygen atoms in total. The fourth-order valence-corrected chi connectivity index (χ4v) is 4.03. The van der Waals surface area contributed by atoms with E-state index in [1.807, 2.05) is 24.3 Å². The van der Waals surface area contributed by atoms with Crippen molar-refractivity contribution in [1.29, 1.82) is 0 Å². The SMILES string of the molecule is CCOC(=O)c1ccc2nc(NC(=O)c3ccc(N4CCOCC4)cc3)sc2c1. The molecule has 0 bridgehead atoms. The summed E-state index contributed by atoms with van der Waals surface area (Å²) in [6.45, 7) is 5.24. The normalized spacial score (nSPS) is 14.0. The van der Waals surface area contributed by atoms with Gasteiger partial charge >= 0.3 is 5.97 Å². The standard InChI is InChI=1S/C21H21N3O4S/c1-2-28-20(26)15-5-8-17-18(13-15)29-21(22-17)23-19(25)14-3-6-16(7-4-14)24-9-11-27-12-10-24/h3-8,13H,2,9-12H2,1H3,(H,22,23,25). The van der Waals surface area contributed by atoms with Crippen LogP contribution in [0.3, 0.4) is 0 Å². The number of ether oxygens (including phenoxy) is 2. The second-order valence-corrected chi connectivity index (χ2v) is 7.55. The monoisotopic (exact) mass is 411 g/mol. The van der Waals surface area contributed by atoms with Gasteiger partial charge in [-0.1, -0.05) is 11.3 Å². The fourth-order valence-electron chi connectivity index (χ4n) is 3.13. The van der Waals surface area contributed by atoms with Crippen molar-refractivity contribution < 1.29 is 19.1 Å². The number of hydrogen-bond acceptors (Lipinski definition) is 7. The summed E-state index contributed by atoms with van der Waals surface area (Å²) in [6, 6.07) is 12.7. The van der Waals surface area contributed by atoms with E-state index >= 15 is 0 Å². The van der Waals surface area contributed by atoms with Crippen LogP contribution >= 0.6 is 11.3 Å². The van der Waals surface area contributed by atoms with Crippen molar-refractivity contribution in [2.45, 2.75) is 6.92 Å². The van der Waals surface area contributed by atoms with Gasteiger partial charge in [0.05, 0.1) is 35.6 Å². The van der Waals surface area contributed by atoms with Gasteiger partial charge in [-0.05, 0) is 49.4 Å². The number of esters is 1. The van der Waals surface area contributed by atoms with Crippen LogP contribution in [0.25, 0.3) is 10.2 Å². The molecule has 0 unspecified atom stereocenters. The number of rotatable bonds is 5. The molecule has 3 aromatic rings. The Morgan fingerprint density at radius 2 is 1.86 bits per heavy atom. The van der Waals surface area contributed by atoms with Gasteiger partial charge in [0.2, 0.25) is 0 Å². The first kappa shape index (κ1) is 19.4. The predicted molar refractivity (Wildman–Crippen MR) is 113 cm³/mol. The van der Waals surface area contributed by atoms with E-state index in [0.29, 0.717) is 22.9 Å². The zero-order valence-electron chi connectivity index (χ0n) is 16.0. The summed E-state index contributed by atoms with van der Waals surface area (Å²) >= 11 is 1.32. The minimum Gasteiger partial charge on any atom is -0.462 e. The molecule has 0 radical (unpaired) electrons. The average Bonchev–Trinajstić information content (AvgIpc) is 3.16. The van der Waals surface area contributed by atoms with Gasteiger partial charge in [-0.2, -0.15) is 0 Å². The third kappa shape index (κ3) is 4.38. The number of morpholine rings is 1. The van der Waals surface area contributed by atoms with Crippen LogP contribution in [-0.4, -0.2) is 49.8 Å². The lowest BCUT2D eigenvalue weighted by Crippen LogP contribution is -2.36. The summed E-state index contributed by atoms with van der Waals surface area (Å²) < 4.78 is 11.2. The van der Waals surface area contributed by atoms with Crippen molar-refractivity contribution in [3.8, 4) is 0 Å². The maximum atomic E-state index is 12.6. The molecule has 0 aliphatic carbocycles. The van der Waals surface area contributed by atoms with Gasteiger partial charge in [0, 0.05) is 24.3 Å². The van der Waals surface area contributed by atoms with Crippen molar-refractivity contribution in [3.05, 3.63) is 53.6 Å². The molecule has 1 saturated heterocycles. The first-order valence-corrected chi connectivity index (χ1v) is 10.3. The van der Waals surface area contributed by atoms with E-state index in [4.69, 9.17) is 9.47 Å². The lowest BCUT2D eigenvalue weighted by atomic mass is 10.2. The Kier molecular flexibility index (Phi) is 5.73. The molecule has 0 atom stereocenters. The molecule has 1 fully saturated rings. The summed E-state index contributed by atoms with van der Waals surface area (Å²) in [5.74, 6) is -0.586. The van der Waals surface area contributed by atoms with Crippen molar-refractivity contribution in [2.75, 3.05) is 43.1 Å². The third-order valence-corrected chi connectivity index (χ3v) is 5.56. The van der Waals surface area contributed by atoms with Crippen LogP contribution in [0.1, 0.15) is 27.6 Å². The maximum absolute atomic E-state index is 12.6. The minimum absolute atomic E-state index is 0.219. The number of thiazole rings is 1. The highest BCUT2D eigenvalue weighted by Gasteiger charge is 2.14. The van der Waals surface area contributed by atoms with Gasteiger partial charge in [-0.3, -0.25) is 10.1 Å². The third-order valence-electron chi connectivity index (χ3n) is 4.63. The van der Waals surface area contributed by atoms with Crippen LogP contribution in [0.4, 0.5) is 10.8 Å². The van der Waals surface area contributed by atoms with Crippen molar-refractivity contribution in [3.63, 3.8) is 0 Å². The molecule has 2 heterocycles. The average molecular weight is 411 g/mol. The number of anilines is 2. The zero-order chi connectivity index (χ0) is 20.2. The molecular weight excluding hydrogens is 390 g/mol. The van der Waals surface area contributed by atoms with Crippen LogP contribution in [0.15, 0.2) is 42.5 Å². The van der Waals surface area contributed by atoms with E-state index < -0.39 is 0 Å². The van der Waals surface area contributed by atoms with Crippen LogP contribution < -0.4 is 10.2 Å². The Bertz CT molecular complexity index is 1030. The van der Waals surface area contributed by atoms with Gasteiger partial charge in [-0.25, -0.2) is 9.78 Å². The van der Waals surface area contributed by atoms with Gasteiger partial charge < -0.3 is 14.4 Å². The predicted octanol–water partition coefficient (Wildman–Crippen LogP) is 3.56. The molecule has 1 N–H and O–H groups in total. The molecular formula is C21H21N3O4S. The lowest BCUT2D eigenvalue weighted by molar-refractivity contribution is 0.0526. The summed E-state index contributed by atoms with van der Waals surface area (Å²) in [7, 11) is 0. The minimum atomic E-state index is -0.367. The number of nitrogens with one attached hydrogen (secondary N) is 1. The zero-order valence-corrected chi connectivity index (χ0v) is 16.8. The highest BCUT2D eigenvalue weighted by atomic mass is 32.1. The summed E-state index contributed by atoms with van der Waals surface area (Å²) in [6.07, 6.45) is 0. The fraction of sp³-hybridized carbons (Fsp3) is 0.286. The van der Waals surface area contributed by atoms with E-state index in [2.05, 4.69) is 15.2 Å². The highest BCUT2D eigenvalue weighted by Crippen LogP contribution is 2.27. The van der Waals surface area contributed by atoms with Gasteiger partial charge in [-0.15, -0.1) is 0 Å². The molecule has 1 aliphatic heterocycles. The largest absolute Gasteiger partial charge is 0.462 e. The second kappa shape index (κ2) is 8.59. The lowest BCUT2D eigenvalue weighted by Gasteiger charge is -2.28. The molecule has 2 aromatic carbocycles. The van der Waals surface area contributed by atoms with Crippen LogP contribution in [0.2, 0.25) is 0 Å². The van der Waals surface area contributed by atoms with E-state index in [1.54, 1.807) is 25.1 Å². The molecule has 1 aromatic heterocycles. The van der Waals surface area contributed by atoms with E-state index in [-0.39, 0.29) is 11.9 Å². The second-order valence-electron chi connectivity index (χ2n) is 6.52. The van der Waals surface area contributed by atoms with Crippen LogP contribution in [0, 0.1) is 0 Å². The van der Waals surface area contributed by atoms with E-state index in [1.165, 1.54) is 11.3 Å². The molecule has 0 saturated carbocycles. The Morgan fingerprint density at radius 3 is 2.59 bits per heavy atom. The Morgan fingerprint density at radius 1 is 1.14 bits per heavy atom. The van der Waals surface area contributed by atoms with Crippen molar-refractivity contribution in [2.24, 2.45) is 0 Å². The number of fused-ring (bicyclic) bond motifs is 1. The first-order valence-electron chi connectivity index (χ1n) is 9.46. The molecule has 0 spiro atoms. The Labute approximate surface area is 172 Å². The molecule has 8 heteroatoms. The van der Waals surface area contributed by atoms with Crippen molar-refractivity contribution >= 4 is 44.2 Å². The van der Waals surface area contributed by atoms with Crippen molar-refractivity contribution in [1.82, 2.24) is 4.98 Å². The van der Waals surface area contributed by atoms with Gasteiger partial charge in [0.25, 0.3) is 5.91 Å². The smallest absolute Gasteiger partial charge is 0.338 e. The number of amides is 1.